The normalized spacial score (nSPS) is 18.2. The number of carbonyl (C=O) groups excluding carboxylic acids is 1. The lowest BCUT2D eigenvalue weighted by Crippen LogP contribution is -2.46. The molecule has 98 valence electrons. The number of carbonyl (C=O) groups is 1. The maximum Gasteiger partial charge on any atom is 0.239 e. The highest BCUT2D eigenvalue weighted by Crippen LogP contribution is 2.05. The lowest BCUT2D eigenvalue weighted by atomic mass is 10.1. The number of amides is 1. The number of hydrogen-bond donors (Lipinski definition) is 2. The summed E-state index contributed by atoms with van der Waals surface area (Å²) in [4.78, 5) is 14.1. The third-order valence-electron chi connectivity index (χ3n) is 3.27. The molecule has 1 aromatic carbocycles. The first-order valence-corrected chi connectivity index (χ1v) is 6.56. The third-order valence-corrected chi connectivity index (χ3v) is 3.27. The van der Waals surface area contributed by atoms with Gasteiger partial charge in [-0.15, -0.1) is 0 Å². The minimum Gasteiger partial charge on any atom is -0.340 e. The van der Waals surface area contributed by atoms with E-state index in [4.69, 9.17) is 5.73 Å². The summed E-state index contributed by atoms with van der Waals surface area (Å²) in [6.45, 7) is 3.43. The summed E-state index contributed by atoms with van der Waals surface area (Å²) in [5.74, 6) is 0.0718. The van der Waals surface area contributed by atoms with E-state index in [9.17, 15) is 4.79 Å². The molecule has 0 aromatic heterocycles. The molecule has 1 saturated heterocycles. The number of benzene rings is 1. The zero-order valence-corrected chi connectivity index (χ0v) is 10.6. The summed E-state index contributed by atoms with van der Waals surface area (Å²) >= 11 is 0. The van der Waals surface area contributed by atoms with Crippen molar-refractivity contribution in [1.29, 1.82) is 0 Å². The van der Waals surface area contributed by atoms with Crippen LogP contribution < -0.4 is 11.1 Å². The van der Waals surface area contributed by atoms with Gasteiger partial charge in [0.2, 0.25) is 5.91 Å². The molecule has 1 fully saturated rings. The first kappa shape index (κ1) is 13.1. The molecule has 1 unspecified atom stereocenters. The van der Waals surface area contributed by atoms with Gasteiger partial charge in [0.1, 0.15) is 0 Å². The van der Waals surface area contributed by atoms with Gasteiger partial charge in [0.15, 0.2) is 0 Å². The Labute approximate surface area is 108 Å². The molecule has 1 amide bonds. The molecule has 18 heavy (non-hydrogen) atoms. The smallest absolute Gasteiger partial charge is 0.239 e. The molecule has 1 aliphatic heterocycles. The Morgan fingerprint density at radius 2 is 2.06 bits per heavy atom. The Bertz CT molecular complexity index is 372. The average Bonchev–Trinajstić information content (AvgIpc) is 2.68. The van der Waals surface area contributed by atoms with Crippen molar-refractivity contribution in [3.8, 4) is 0 Å². The lowest BCUT2D eigenvalue weighted by Gasteiger charge is -2.23. The fourth-order valence-electron chi connectivity index (χ4n) is 2.26. The van der Waals surface area contributed by atoms with E-state index in [1.54, 1.807) is 0 Å². The summed E-state index contributed by atoms with van der Waals surface area (Å²) in [6, 6.07) is 9.52. The van der Waals surface area contributed by atoms with E-state index in [0.717, 1.165) is 38.2 Å². The second-order valence-corrected chi connectivity index (χ2v) is 4.73. The molecule has 0 saturated carbocycles. The van der Waals surface area contributed by atoms with Crippen molar-refractivity contribution in [2.24, 2.45) is 5.73 Å². The van der Waals surface area contributed by atoms with Gasteiger partial charge in [-0.25, -0.2) is 0 Å². The van der Waals surface area contributed by atoms with Gasteiger partial charge >= 0.3 is 0 Å². The zero-order chi connectivity index (χ0) is 12.8. The Morgan fingerprint density at radius 3 is 2.83 bits per heavy atom. The first-order valence-electron chi connectivity index (χ1n) is 6.56. The summed E-state index contributed by atoms with van der Waals surface area (Å²) < 4.78 is 0. The fourth-order valence-corrected chi connectivity index (χ4v) is 2.26. The van der Waals surface area contributed by atoms with E-state index in [0.29, 0.717) is 6.42 Å². The van der Waals surface area contributed by atoms with Crippen LogP contribution in [0.3, 0.4) is 0 Å². The second-order valence-electron chi connectivity index (χ2n) is 4.73. The number of nitrogens with zero attached hydrogens (tertiary/aromatic N) is 1. The molecular weight excluding hydrogens is 226 g/mol. The van der Waals surface area contributed by atoms with Crippen LogP contribution in [0.2, 0.25) is 0 Å². The molecule has 2 rings (SSSR count). The summed E-state index contributed by atoms with van der Waals surface area (Å²) in [7, 11) is 0. The summed E-state index contributed by atoms with van der Waals surface area (Å²) in [6.07, 6.45) is 1.62. The maximum absolute atomic E-state index is 12.2. The largest absolute Gasteiger partial charge is 0.340 e. The van der Waals surface area contributed by atoms with Gasteiger partial charge in [-0.05, 0) is 24.9 Å². The highest BCUT2D eigenvalue weighted by Gasteiger charge is 2.21. The van der Waals surface area contributed by atoms with Gasteiger partial charge in [-0.3, -0.25) is 4.79 Å². The van der Waals surface area contributed by atoms with Crippen molar-refractivity contribution >= 4 is 5.91 Å². The van der Waals surface area contributed by atoms with E-state index >= 15 is 0 Å². The molecule has 1 aliphatic rings. The average molecular weight is 247 g/mol. The Balaban J connectivity index is 1.91. The molecule has 4 nitrogen and oxygen atoms in total. The van der Waals surface area contributed by atoms with Crippen molar-refractivity contribution in [2.45, 2.75) is 18.9 Å². The van der Waals surface area contributed by atoms with Crippen molar-refractivity contribution in [3.05, 3.63) is 35.9 Å². The van der Waals surface area contributed by atoms with Crippen LogP contribution >= 0.6 is 0 Å². The molecule has 1 aromatic rings. The minimum atomic E-state index is -0.425. The quantitative estimate of drug-likeness (QED) is 0.812. The van der Waals surface area contributed by atoms with Gasteiger partial charge in [-0.2, -0.15) is 0 Å². The number of rotatable bonds is 3. The van der Waals surface area contributed by atoms with E-state index in [1.807, 2.05) is 35.2 Å². The second kappa shape index (κ2) is 6.52. The molecule has 3 N–H and O–H groups in total. The van der Waals surface area contributed by atoms with E-state index in [-0.39, 0.29) is 5.91 Å². The van der Waals surface area contributed by atoms with Crippen LogP contribution in [-0.4, -0.2) is 43.0 Å². The molecule has 0 spiro atoms. The third kappa shape index (κ3) is 3.55. The number of hydrogen-bond acceptors (Lipinski definition) is 3. The Hall–Kier alpha value is -1.39. The SMILES string of the molecule is NC(Cc1ccccc1)C(=O)N1CCCNCC1. The van der Waals surface area contributed by atoms with Gasteiger partial charge < -0.3 is 16.0 Å². The predicted octanol–water partition coefficient (Wildman–Crippen LogP) is 0.378. The van der Waals surface area contributed by atoms with Gasteiger partial charge in [0, 0.05) is 19.6 Å². The van der Waals surface area contributed by atoms with Crippen LogP contribution in [0.4, 0.5) is 0 Å². The molecule has 0 bridgehead atoms. The number of nitrogens with one attached hydrogen (secondary N) is 1. The molecule has 4 heteroatoms. The van der Waals surface area contributed by atoms with Crippen LogP contribution in [-0.2, 0) is 11.2 Å². The number of nitrogens with two attached hydrogens (primary N) is 1. The molecular formula is C14H21N3O. The van der Waals surface area contributed by atoms with Gasteiger partial charge in [0.05, 0.1) is 6.04 Å². The standard InChI is InChI=1S/C14H21N3O/c15-13(11-12-5-2-1-3-6-12)14(18)17-9-4-7-16-8-10-17/h1-3,5-6,13,16H,4,7-11,15H2. The van der Waals surface area contributed by atoms with Crippen molar-refractivity contribution in [1.82, 2.24) is 10.2 Å². The first-order chi connectivity index (χ1) is 8.77. The predicted molar refractivity (Wildman–Crippen MR) is 72.2 cm³/mol. The lowest BCUT2D eigenvalue weighted by molar-refractivity contribution is -0.132. The van der Waals surface area contributed by atoms with E-state index < -0.39 is 6.04 Å². The minimum absolute atomic E-state index is 0.0718. The highest BCUT2D eigenvalue weighted by atomic mass is 16.2. The zero-order valence-electron chi connectivity index (χ0n) is 10.6. The topological polar surface area (TPSA) is 58.4 Å². The monoisotopic (exact) mass is 247 g/mol. The molecule has 0 aliphatic carbocycles. The fraction of sp³-hybridized carbons (Fsp3) is 0.500. The Morgan fingerprint density at radius 1 is 1.28 bits per heavy atom. The van der Waals surface area contributed by atoms with Crippen LogP contribution in [0, 0.1) is 0 Å². The Kier molecular flexibility index (Phi) is 4.73. The molecule has 1 heterocycles. The molecule has 1 atom stereocenters. The van der Waals surface area contributed by atoms with E-state index in [2.05, 4.69) is 5.32 Å². The van der Waals surface area contributed by atoms with Crippen LogP contribution in [0.1, 0.15) is 12.0 Å². The highest BCUT2D eigenvalue weighted by molar-refractivity contribution is 5.82. The van der Waals surface area contributed by atoms with Gasteiger partial charge in [-0.1, -0.05) is 30.3 Å². The summed E-state index contributed by atoms with van der Waals surface area (Å²) in [5.41, 5.74) is 7.14. The van der Waals surface area contributed by atoms with Crippen LogP contribution in [0.25, 0.3) is 0 Å². The van der Waals surface area contributed by atoms with Gasteiger partial charge in [0.25, 0.3) is 0 Å². The van der Waals surface area contributed by atoms with Crippen molar-refractivity contribution in [3.63, 3.8) is 0 Å². The van der Waals surface area contributed by atoms with E-state index in [1.165, 1.54) is 0 Å². The van der Waals surface area contributed by atoms with Crippen molar-refractivity contribution in [2.75, 3.05) is 26.2 Å². The maximum atomic E-state index is 12.2. The van der Waals surface area contributed by atoms with Crippen molar-refractivity contribution < 1.29 is 4.79 Å². The summed E-state index contributed by atoms with van der Waals surface area (Å²) in [5, 5.41) is 3.29. The molecule has 0 radical (unpaired) electrons. The van der Waals surface area contributed by atoms with Crippen LogP contribution in [0.15, 0.2) is 30.3 Å². The van der Waals surface area contributed by atoms with Crippen LogP contribution in [0.5, 0.6) is 0 Å².